The van der Waals surface area contributed by atoms with E-state index < -0.39 is 6.03 Å². The molecule has 1 rings (SSSR count). The van der Waals surface area contributed by atoms with Crippen LogP contribution in [0.2, 0.25) is 0 Å². The lowest BCUT2D eigenvalue weighted by Crippen LogP contribution is -2.25. The van der Waals surface area contributed by atoms with Crippen molar-refractivity contribution in [1.29, 1.82) is 0 Å². The molecule has 0 radical (unpaired) electrons. The van der Waals surface area contributed by atoms with Gasteiger partial charge in [0.2, 0.25) is 0 Å². The molecule has 0 heterocycles. The standard InChI is InChI=1S/C11H21N3O/c1-8(2)9-4-3-5-10(7-6-9)13-14-11(12)15/h8-9H,3-7H2,1-2H3,(H3,12,14,15). The van der Waals surface area contributed by atoms with Gasteiger partial charge in [0, 0.05) is 5.71 Å². The molecule has 1 saturated carbocycles. The molecule has 4 heteroatoms. The van der Waals surface area contributed by atoms with E-state index >= 15 is 0 Å². The first kappa shape index (κ1) is 12.0. The highest BCUT2D eigenvalue weighted by Crippen LogP contribution is 2.27. The fourth-order valence-corrected chi connectivity index (χ4v) is 2.10. The molecule has 15 heavy (non-hydrogen) atoms. The Morgan fingerprint density at radius 2 is 2.20 bits per heavy atom. The Bertz CT molecular complexity index is 248. The molecule has 86 valence electrons. The third-order valence-electron chi connectivity index (χ3n) is 3.11. The smallest absolute Gasteiger partial charge is 0.332 e. The van der Waals surface area contributed by atoms with Gasteiger partial charge in [-0.05, 0) is 43.9 Å². The summed E-state index contributed by atoms with van der Waals surface area (Å²) in [6.45, 7) is 4.54. The molecule has 0 spiro atoms. The van der Waals surface area contributed by atoms with E-state index in [4.69, 9.17) is 5.73 Å². The lowest BCUT2D eigenvalue weighted by atomic mass is 9.89. The van der Waals surface area contributed by atoms with E-state index in [1.165, 1.54) is 19.3 Å². The Morgan fingerprint density at radius 1 is 1.47 bits per heavy atom. The van der Waals surface area contributed by atoms with Crippen LogP contribution in [0.5, 0.6) is 0 Å². The monoisotopic (exact) mass is 211 g/mol. The van der Waals surface area contributed by atoms with Crippen LogP contribution in [-0.4, -0.2) is 11.7 Å². The Labute approximate surface area is 91.3 Å². The number of hydrogen-bond donors (Lipinski definition) is 2. The molecule has 0 aromatic rings. The Morgan fingerprint density at radius 3 is 2.80 bits per heavy atom. The summed E-state index contributed by atoms with van der Waals surface area (Å²) in [4.78, 5) is 10.5. The van der Waals surface area contributed by atoms with Crippen molar-refractivity contribution in [1.82, 2.24) is 5.43 Å². The molecule has 1 unspecified atom stereocenters. The number of rotatable bonds is 2. The minimum atomic E-state index is -0.577. The quantitative estimate of drug-likeness (QED) is 0.534. The minimum Gasteiger partial charge on any atom is -0.350 e. The van der Waals surface area contributed by atoms with Crippen LogP contribution >= 0.6 is 0 Å². The van der Waals surface area contributed by atoms with Gasteiger partial charge in [0.15, 0.2) is 0 Å². The molecule has 0 aromatic carbocycles. The average molecular weight is 211 g/mol. The zero-order valence-electron chi connectivity index (χ0n) is 9.62. The highest BCUT2D eigenvalue weighted by atomic mass is 16.2. The summed E-state index contributed by atoms with van der Waals surface area (Å²) < 4.78 is 0. The van der Waals surface area contributed by atoms with E-state index in [0.29, 0.717) is 0 Å². The maximum absolute atomic E-state index is 10.5. The first-order chi connectivity index (χ1) is 7.09. The Kier molecular flexibility index (Phi) is 4.59. The van der Waals surface area contributed by atoms with Crippen molar-refractivity contribution >= 4 is 11.7 Å². The van der Waals surface area contributed by atoms with Crippen molar-refractivity contribution < 1.29 is 4.79 Å². The molecule has 1 aliphatic carbocycles. The number of primary amides is 1. The van der Waals surface area contributed by atoms with Crippen LogP contribution < -0.4 is 11.2 Å². The van der Waals surface area contributed by atoms with Gasteiger partial charge in [-0.1, -0.05) is 13.8 Å². The van der Waals surface area contributed by atoms with E-state index in [2.05, 4.69) is 24.4 Å². The number of carbonyl (C=O) groups excluding carboxylic acids is 1. The predicted octanol–water partition coefficient (Wildman–Crippen LogP) is 2.25. The molecule has 0 aromatic heterocycles. The summed E-state index contributed by atoms with van der Waals surface area (Å²) in [6.07, 6.45) is 5.60. The second-order valence-electron chi connectivity index (χ2n) is 4.59. The predicted molar refractivity (Wildman–Crippen MR) is 61.6 cm³/mol. The summed E-state index contributed by atoms with van der Waals surface area (Å²) in [5, 5.41) is 4.03. The second-order valence-corrected chi connectivity index (χ2v) is 4.59. The summed E-state index contributed by atoms with van der Waals surface area (Å²) >= 11 is 0. The van der Waals surface area contributed by atoms with Gasteiger partial charge < -0.3 is 5.73 Å². The van der Waals surface area contributed by atoms with Crippen LogP contribution in [0, 0.1) is 11.8 Å². The van der Waals surface area contributed by atoms with Crippen molar-refractivity contribution in [3.8, 4) is 0 Å². The molecule has 0 aliphatic heterocycles. The van der Waals surface area contributed by atoms with Crippen molar-refractivity contribution in [3.63, 3.8) is 0 Å². The number of hydrogen-bond acceptors (Lipinski definition) is 2. The third-order valence-corrected chi connectivity index (χ3v) is 3.11. The fourth-order valence-electron chi connectivity index (χ4n) is 2.10. The number of nitrogens with one attached hydrogen (secondary N) is 1. The summed E-state index contributed by atoms with van der Waals surface area (Å²) in [6, 6.07) is -0.577. The normalized spacial score (nSPS) is 25.3. The Balaban J connectivity index is 2.45. The fraction of sp³-hybridized carbons (Fsp3) is 0.818. The number of hydrazone groups is 1. The van der Waals surface area contributed by atoms with Crippen molar-refractivity contribution in [2.75, 3.05) is 0 Å². The zero-order chi connectivity index (χ0) is 11.3. The SMILES string of the molecule is CC(C)C1CCCC(=NNC(N)=O)CC1. The number of carbonyl (C=O) groups is 1. The van der Waals surface area contributed by atoms with Crippen LogP contribution in [0.1, 0.15) is 46.0 Å². The van der Waals surface area contributed by atoms with Crippen LogP contribution in [0.15, 0.2) is 5.10 Å². The summed E-state index contributed by atoms with van der Waals surface area (Å²) in [7, 11) is 0. The van der Waals surface area contributed by atoms with E-state index in [1.807, 2.05) is 0 Å². The minimum absolute atomic E-state index is 0.577. The number of nitrogens with two attached hydrogens (primary N) is 1. The number of urea groups is 1. The highest BCUT2D eigenvalue weighted by Gasteiger charge is 2.18. The van der Waals surface area contributed by atoms with Crippen LogP contribution in [-0.2, 0) is 0 Å². The van der Waals surface area contributed by atoms with E-state index in [9.17, 15) is 4.79 Å². The molecule has 2 amide bonds. The lowest BCUT2D eigenvalue weighted by Gasteiger charge is -2.17. The topological polar surface area (TPSA) is 67.5 Å². The Hall–Kier alpha value is -1.06. The van der Waals surface area contributed by atoms with Crippen LogP contribution in [0.4, 0.5) is 4.79 Å². The molecule has 0 bridgehead atoms. The maximum atomic E-state index is 10.5. The molecule has 4 nitrogen and oxygen atoms in total. The molecule has 1 aliphatic rings. The molecule has 1 atom stereocenters. The van der Waals surface area contributed by atoms with Crippen LogP contribution in [0.25, 0.3) is 0 Å². The van der Waals surface area contributed by atoms with Crippen LogP contribution in [0.3, 0.4) is 0 Å². The largest absolute Gasteiger partial charge is 0.350 e. The van der Waals surface area contributed by atoms with Gasteiger partial charge in [-0.15, -0.1) is 0 Å². The first-order valence-electron chi connectivity index (χ1n) is 5.70. The molecular formula is C11H21N3O. The maximum Gasteiger partial charge on any atom is 0.332 e. The van der Waals surface area contributed by atoms with E-state index in [1.54, 1.807) is 0 Å². The van der Waals surface area contributed by atoms with Crippen molar-refractivity contribution in [2.45, 2.75) is 46.0 Å². The molecular weight excluding hydrogens is 190 g/mol. The zero-order valence-corrected chi connectivity index (χ0v) is 9.62. The van der Waals surface area contributed by atoms with Gasteiger partial charge in [0.1, 0.15) is 0 Å². The van der Waals surface area contributed by atoms with E-state index in [-0.39, 0.29) is 0 Å². The van der Waals surface area contributed by atoms with Gasteiger partial charge in [-0.2, -0.15) is 5.10 Å². The van der Waals surface area contributed by atoms with E-state index in [0.717, 1.165) is 30.4 Å². The van der Waals surface area contributed by atoms with Gasteiger partial charge >= 0.3 is 6.03 Å². The summed E-state index contributed by atoms with van der Waals surface area (Å²) in [5.74, 6) is 1.54. The first-order valence-corrected chi connectivity index (χ1v) is 5.70. The number of nitrogens with zero attached hydrogens (tertiary/aromatic N) is 1. The second kappa shape index (κ2) is 5.73. The van der Waals surface area contributed by atoms with Gasteiger partial charge in [0.05, 0.1) is 0 Å². The average Bonchev–Trinajstić information content (AvgIpc) is 2.39. The molecule has 0 saturated heterocycles. The third kappa shape index (κ3) is 4.32. The van der Waals surface area contributed by atoms with Gasteiger partial charge in [0.25, 0.3) is 0 Å². The van der Waals surface area contributed by atoms with Gasteiger partial charge in [-0.25, -0.2) is 10.2 Å². The molecule has 1 fully saturated rings. The van der Waals surface area contributed by atoms with Gasteiger partial charge in [-0.3, -0.25) is 0 Å². The summed E-state index contributed by atoms with van der Waals surface area (Å²) in [5.41, 5.74) is 8.36. The molecule has 3 N–H and O–H groups in total. The van der Waals surface area contributed by atoms with Crippen molar-refractivity contribution in [2.24, 2.45) is 22.7 Å². The highest BCUT2D eigenvalue weighted by molar-refractivity contribution is 5.86. The van der Waals surface area contributed by atoms with Crippen molar-refractivity contribution in [3.05, 3.63) is 0 Å². The lowest BCUT2D eigenvalue weighted by molar-refractivity contribution is 0.249. The number of amides is 2.